The first-order valence-corrected chi connectivity index (χ1v) is 12.0. The van der Waals surface area contributed by atoms with Gasteiger partial charge in [-0.2, -0.15) is 13.9 Å². The molecule has 1 aromatic carbocycles. The number of benzene rings is 1. The fourth-order valence-corrected chi connectivity index (χ4v) is 4.38. The van der Waals surface area contributed by atoms with Crippen molar-refractivity contribution in [3.8, 4) is 17.1 Å². The largest absolute Gasteiger partial charge is 0.490 e. The van der Waals surface area contributed by atoms with Gasteiger partial charge in [0, 0.05) is 57.0 Å². The molecule has 0 aliphatic carbocycles. The molecule has 194 valence electrons. The highest BCUT2D eigenvalue weighted by Crippen LogP contribution is 2.30. The maximum Gasteiger partial charge on any atom is 0.333 e. The Bertz CT molecular complexity index is 1160. The molecule has 36 heavy (non-hydrogen) atoms. The fourth-order valence-electron chi connectivity index (χ4n) is 4.19. The van der Waals surface area contributed by atoms with Gasteiger partial charge in [-0.3, -0.25) is 4.90 Å². The molecule has 0 spiro atoms. The van der Waals surface area contributed by atoms with Crippen LogP contribution in [-0.2, 0) is 6.42 Å². The van der Waals surface area contributed by atoms with Gasteiger partial charge in [0.15, 0.2) is 0 Å². The number of nitrogen functional groups attached to an aromatic ring is 1. The molecule has 3 heterocycles. The fraction of sp³-hybridized carbons (Fsp3) is 0.458. The number of para-hydroxylation sites is 1. The summed E-state index contributed by atoms with van der Waals surface area (Å²) >= 11 is 6.00. The number of nitrogens with zero attached hydrogens (tertiary/aromatic N) is 6. The van der Waals surface area contributed by atoms with Crippen LogP contribution >= 0.6 is 11.6 Å². The monoisotopic (exact) mass is 521 g/mol. The van der Waals surface area contributed by atoms with Gasteiger partial charge >= 0.3 is 6.55 Å². The number of aliphatic hydroxyl groups is 1. The molecule has 1 aliphatic rings. The maximum absolute atomic E-state index is 13.5. The minimum atomic E-state index is -2.83. The van der Waals surface area contributed by atoms with Gasteiger partial charge in [-0.15, -0.1) is 0 Å². The molecule has 3 aromatic rings. The SMILES string of the molecule is CN1CCN(CC(C)(O)COc2ccccc2Cc2cn(C(F)F)nc2-c2cc(Cl)nc(N)n2)CC1. The molecule has 2 aromatic heterocycles. The summed E-state index contributed by atoms with van der Waals surface area (Å²) in [5.41, 5.74) is 6.35. The normalized spacial score (nSPS) is 16.9. The van der Waals surface area contributed by atoms with E-state index in [0.29, 0.717) is 22.5 Å². The van der Waals surface area contributed by atoms with Gasteiger partial charge in [0.1, 0.15) is 28.8 Å². The van der Waals surface area contributed by atoms with E-state index in [4.69, 9.17) is 22.1 Å². The molecule has 0 radical (unpaired) electrons. The third-order valence-electron chi connectivity index (χ3n) is 6.01. The molecule has 1 fully saturated rings. The van der Waals surface area contributed by atoms with Gasteiger partial charge in [0.25, 0.3) is 0 Å². The average Bonchev–Trinajstić information content (AvgIpc) is 3.24. The molecule has 12 heteroatoms. The standard InChI is InChI=1S/C24H30ClF2N7O2/c1-24(35,14-33-9-7-32(2)8-10-33)15-36-19-6-4-3-5-16(19)11-17-13-34(22(26)27)31-21(17)18-12-20(25)30-23(28)29-18/h3-6,12-13,22,35H,7-11,14-15H2,1-2H3,(H2,28,29,30). The van der Waals surface area contributed by atoms with Crippen LogP contribution in [-0.4, -0.2) is 86.6 Å². The van der Waals surface area contributed by atoms with E-state index in [-0.39, 0.29) is 35.5 Å². The number of nitrogens with two attached hydrogens (primary N) is 1. The van der Waals surface area contributed by atoms with E-state index in [0.717, 1.165) is 31.7 Å². The van der Waals surface area contributed by atoms with Gasteiger partial charge in [0.05, 0.1) is 5.69 Å². The highest BCUT2D eigenvalue weighted by atomic mass is 35.5. The second-order valence-corrected chi connectivity index (χ2v) is 9.73. The van der Waals surface area contributed by atoms with Crippen molar-refractivity contribution in [1.29, 1.82) is 0 Å². The van der Waals surface area contributed by atoms with Crippen molar-refractivity contribution >= 4 is 17.5 Å². The smallest absolute Gasteiger partial charge is 0.333 e. The van der Waals surface area contributed by atoms with Crippen LogP contribution in [0.1, 0.15) is 24.6 Å². The molecule has 1 unspecified atom stereocenters. The van der Waals surface area contributed by atoms with Gasteiger partial charge in [-0.05, 0) is 25.6 Å². The third kappa shape index (κ3) is 6.67. The summed E-state index contributed by atoms with van der Waals surface area (Å²) in [5.74, 6) is 0.466. The van der Waals surface area contributed by atoms with E-state index in [2.05, 4.69) is 31.9 Å². The Balaban J connectivity index is 1.53. The van der Waals surface area contributed by atoms with E-state index in [1.807, 2.05) is 18.2 Å². The molecule has 0 bridgehead atoms. The van der Waals surface area contributed by atoms with E-state index < -0.39 is 12.2 Å². The van der Waals surface area contributed by atoms with Crippen LogP contribution in [0.3, 0.4) is 0 Å². The minimum Gasteiger partial charge on any atom is -0.490 e. The number of β-amino-alcohol motifs (C(OH)–C–C–N with tert-alkyl or cyclic N) is 1. The predicted molar refractivity (Wildman–Crippen MR) is 133 cm³/mol. The van der Waals surface area contributed by atoms with Crippen molar-refractivity contribution < 1.29 is 18.6 Å². The van der Waals surface area contributed by atoms with Crippen LogP contribution in [0.25, 0.3) is 11.4 Å². The first-order valence-electron chi connectivity index (χ1n) is 11.6. The van der Waals surface area contributed by atoms with Gasteiger partial charge in [-0.1, -0.05) is 29.8 Å². The number of rotatable bonds is 9. The van der Waals surface area contributed by atoms with Crippen LogP contribution in [0, 0.1) is 0 Å². The van der Waals surface area contributed by atoms with Crippen LogP contribution < -0.4 is 10.5 Å². The molecule has 0 saturated carbocycles. The summed E-state index contributed by atoms with van der Waals surface area (Å²) in [6.45, 7) is 3.18. The van der Waals surface area contributed by atoms with Crippen molar-refractivity contribution in [2.75, 3.05) is 52.1 Å². The summed E-state index contributed by atoms with van der Waals surface area (Å²) in [6.07, 6.45) is 1.51. The second-order valence-electron chi connectivity index (χ2n) is 9.34. The van der Waals surface area contributed by atoms with Crippen molar-refractivity contribution in [3.05, 3.63) is 52.8 Å². The molecule has 0 amide bonds. The Hall–Kier alpha value is -2.86. The number of hydrogen-bond donors (Lipinski definition) is 2. The number of aromatic nitrogens is 4. The lowest BCUT2D eigenvalue weighted by Crippen LogP contribution is -2.51. The van der Waals surface area contributed by atoms with Crippen LogP contribution in [0.4, 0.5) is 14.7 Å². The number of hydrogen-bond acceptors (Lipinski definition) is 8. The number of likely N-dealkylation sites (N-methyl/N-ethyl adjacent to an activating group) is 1. The molecular weight excluding hydrogens is 492 g/mol. The van der Waals surface area contributed by atoms with Gasteiger partial charge in [0.2, 0.25) is 5.95 Å². The third-order valence-corrected chi connectivity index (χ3v) is 6.21. The summed E-state index contributed by atoms with van der Waals surface area (Å²) in [4.78, 5) is 12.4. The van der Waals surface area contributed by atoms with Crippen molar-refractivity contribution in [2.24, 2.45) is 0 Å². The highest BCUT2D eigenvalue weighted by Gasteiger charge is 2.27. The first kappa shape index (κ1) is 26.2. The lowest BCUT2D eigenvalue weighted by atomic mass is 10.0. The van der Waals surface area contributed by atoms with E-state index >= 15 is 0 Å². The zero-order valence-electron chi connectivity index (χ0n) is 20.2. The number of ether oxygens (including phenoxy) is 1. The van der Waals surface area contributed by atoms with Gasteiger partial charge < -0.3 is 20.5 Å². The lowest BCUT2D eigenvalue weighted by Gasteiger charge is -2.36. The van der Waals surface area contributed by atoms with Crippen LogP contribution in [0.5, 0.6) is 5.75 Å². The molecule has 1 saturated heterocycles. The quantitative estimate of drug-likeness (QED) is 0.414. The first-order chi connectivity index (χ1) is 17.1. The molecule has 9 nitrogen and oxygen atoms in total. The number of halogens is 3. The number of piperazine rings is 1. The highest BCUT2D eigenvalue weighted by molar-refractivity contribution is 6.29. The second kappa shape index (κ2) is 11.0. The van der Waals surface area contributed by atoms with E-state index in [1.54, 1.807) is 13.0 Å². The Morgan fingerprint density at radius 3 is 2.58 bits per heavy atom. The van der Waals surface area contributed by atoms with Crippen LogP contribution in [0.2, 0.25) is 5.15 Å². The summed E-state index contributed by atoms with van der Waals surface area (Å²) < 4.78 is 33.6. The number of anilines is 1. The molecule has 1 atom stereocenters. The molecule has 3 N–H and O–H groups in total. The lowest BCUT2D eigenvalue weighted by molar-refractivity contribution is -0.0257. The average molecular weight is 522 g/mol. The molecular formula is C24H30ClF2N7O2. The molecule has 4 rings (SSSR count). The molecule has 1 aliphatic heterocycles. The minimum absolute atomic E-state index is 0.0809. The zero-order valence-corrected chi connectivity index (χ0v) is 21.0. The Morgan fingerprint density at radius 2 is 1.89 bits per heavy atom. The van der Waals surface area contributed by atoms with Crippen molar-refractivity contribution in [1.82, 2.24) is 29.5 Å². The topological polar surface area (TPSA) is 106 Å². The van der Waals surface area contributed by atoms with E-state index in [9.17, 15) is 13.9 Å². The van der Waals surface area contributed by atoms with Gasteiger partial charge in [-0.25, -0.2) is 14.6 Å². The summed E-state index contributed by atoms with van der Waals surface area (Å²) in [6, 6.07) is 8.72. The maximum atomic E-state index is 13.5. The summed E-state index contributed by atoms with van der Waals surface area (Å²) in [5, 5.41) is 15.1. The van der Waals surface area contributed by atoms with Crippen molar-refractivity contribution in [3.63, 3.8) is 0 Å². The van der Waals surface area contributed by atoms with E-state index in [1.165, 1.54) is 12.3 Å². The van der Waals surface area contributed by atoms with Crippen LogP contribution in [0.15, 0.2) is 36.5 Å². The predicted octanol–water partition coefficient (Wildman–Crippen LogP) is 2.94. The zero-order chi connectivity index (χ0) is 25.9. The Kier molecular flexibility index (Phi) is 8.04. The Morgan fingerprint density at radius 1 is 1.17 bits per heavy atom. The van der Waals surface area contributed by atoms with Crippen molar-refractivity contribution in [2.45, 2.75) is 25.5 Å². The number of alkyl halides is 2. The Labute approximate surface area is 213 Å². The summed E-state index contributed by atoms with van der Waals surface area (Å²) in [7, 11) is 2.08.